The Hall–Kier alpha value is -2.15. The Balaban J connectivity index is 4.57. The quantitative estimate of drug-likeness (QED) is 0.0171. The molecule has 0 aromatic carbocycles. The van der Waals surface area contributed by atoms with Crippen molar-refractivity contribution >= 4 is 19.8 Å². The Morgan fingerprint density at radius 3 is 1.70 bits per heavy atom. The number of phosphoric acid groups is 1. The number of aliphatic hydroxyl groups excluding tert-OH is 4. The molecule has 0 amide bonds. The second-order valence-electron chi connectivity index (χ2n) is 14.7. The summed E-state index contributed by atoms with van der Waals surface area (Å²) in [5.74, 6) is -1.22. The van der Waals surface area contributed by atoms with Gasteiger partial charge in [0.25, 0.3) is 0 Å². The van der Waals surface area contributed by atoms with Gasteiger partial charge < -0.3 is 34.8 Å². The first kappa shape index (κ1) is 54.9. The van der Waals surface area contributed by atoms with Crippen LogP contribution in [0, 0.1) is 0 Å². The Labute approximate surface area is 344 Å². The number of unbranched alkanes of at least 4 members (excludes halogenated alkanes) is 14. The summed E-state index contributed by atoms with van der Waals surface area (Å²) in [4.78, 5) is 35.0. The molecule has 0 aliphatic rings. The minimum atomic E-state index is -4.70. The van der Waals surface area contributed by atoms with Gasteiger partial charge >= 0.3 is 19.8 Å². The van der Waals surface area contributed by atoms with Crippen molar-refractivity contribution in [1.29, 1.82) is 0 Å². The number of carbonyl (C=O) groups excluding carboxylic acids is 2. The molecule has 0 aliphatic heterocycles. The molecule has 0 fully saturated rings. The minimum Gasteiger partial charge on any atom is -0.462 e. The average Bonchev–Trinajstić information content (AvgIpc) is 3.19. The maximum atomic E-state index is 12.6. The maximum Gasteiger partial charge on any atom is 0.472 e. The number of hydrogen-bond acceptors (Lipinski definition) is 11. The number of hydrogen-bond donors (Lipinski definition) is 5. The molecule has 0 saturated heterocycles. The summed E-state index contributed by atoms with van der Waals surface area (Å²) in [5, 5.41) is 39.0. The normalized spacial score (nSPS) is 15.4. The molecule has 5 atom stereocenters. The Morgan fingerprint density at radius 1 is 0.579 bits per heavy atom. The van der Waals surface area contributed by atoms with Gasteiger partial charge in [0.15, 0.2) is 6.10 Å². The largest absolute Gasteiger partial charge is 0.472 e. The van der Waals surface area contributed by atoms with Gasteiger partial charge in [-0.2, -0.15) is 0 Å². The van der Waals surface area contributed by atoms with E-state index in [2.05, 4.69) is 54.8 Å². The smallest absolute Gasteiger partial charge is 0.462 e. The van der Waals surface area contributed by atoms with Crippen LogP contribution in [-0.4, -0.2) is 88.1 Å². The molecule has 0 aromatic heterocycles. The van der Waals surface area contributed by atoms with E-state index in [9.17, 15) is 34.4 Å². The highest BCUT2D eigenvalue weighted by atomic mass is 31.2. The first-order valence-corrected chi connectivity index (χ1v) is 23.3. The van der Waals surface area contributed by atoms with Gasteiger partial charge in [-0.25, -0.2) is 4.57 Å². The second-order valence-corrected chi connectivity index (χ2v) is 16.1. The van der Waals surface area contributed by atoms with Gasteiger partial charge in [-0.3, -0.25) is 18.6 Å². The van der Waals surface area contributed by atoms with Crippen LogP contribution in [0.4, 0.5) is 0 Å². The standard InChI is InChI=1S/C44H79O12P/c1-3-5-7-9-11-13-15-17-18-19-21-23-25-27-29-33-43(49)53-37-40(38-55-57(51,52)54-36-39(46)35-45)56-44(50)34-30-32-42(48)41(47)31-28-26-24-22-20-16-14-12-10-8-6-4-2/h12,14,17-18,20,22,26,28,39-42,45-48H,3-11,13,15-16,19,21,23-25,27,29-38H2,1-2H3,(H,51,52)/b14-12-,18-17-,22-20-,28-26-/t39-,40+,41?,42?/m0/s1. The van der Waals surface area contributed by atoms with E-state index in [-0.39, 0.29) is 32.1 Å². The van der Waals surface area contributed by atoms with E-state index >= 15 is 0 Å². The van der Waals surface area contributed by atoms with Gasteiger partial charge in [0.05, 0.1) is 32.0 Å². The molecule has 3 unspecified atom stereocenters. The van der Waals surface area contributed by atoms with Crippen molar-refractivity contribution in [3.05, 3.63) is 48.6 Å². The third-order valence-electron chi connectivity index (χ3n) is 9.16. The zero-order valence-corrected chi connectivity index (χ0v) is 36.2. The molecular formula is C44H79O12P. The highest BCUT2D eigenvalue weighted by molar-refractivity contribution is 7.47. The van der Waals surface area contributed by atoms with Crippen molar-refractivity contribution in [2.75, 3.05) is 26.4 Å². The van der Waals surface area contributed by atoms with Crippen molar-refractivity contribution in [1.82, 2.24) is 0 Å². The number of aliphatic hydroxyl groups is 4. The number of allylic oxidation sites excluding steroid dienone is 7. The monoisotopic (exact) mass is 831 g/mol. The van der Waals surface area contributed by atoms with E-state index in [1.54, 1.807) is 0 Å². The summed E-state index contributed by atoms with van der Waals surface area (Å²) in [6.07, 6.45) is 33.9. The maximum absolute atomic E-state index is 12.6. The summed E-state index contributed by atoms with van der Waals surface area (Å²) in [6, 6.07) is 0. The van der Waals surface area contributed by atoms with E-state index < -0.39 is 70.6 Å². The van der Waals surface area contributed by atoms with Crippen molar-refractivity contribution in [2.45, 2.75) is 192 Å². The fourth-order valence-electron chi connectivity index (χ4n) is 5.62. The number of phosphoric ester groups is 1. The zero-order chi connectivity index (χ0) is 42.2. The van der Waals surface area contributed by atoms with Gasteiger partial charge in [-0.15, -0.1) is 0 Å². The van der Waals surface area contributed by atoms with Gasteiger partial charge in [0, 0.05) is 12.8 Å². The Kier molecular flexibility index (Phi) is 37.8. The molecule has 12 nitrogen and oxygen atoms in total. The topological polar surface area (TPSA) is 189 Å². The second kappa shape index (κ2) is 39.3. The lowest BCUT2D eigenvalue weighted by Gasteiger charge is -2.20. The van der Waals surface area contributed by atoms with Crippen LogP contribution in [0.15, 0.2) is 48.6 Å². The third-order valence-corrected chi connectivity index (χ3v) is 10.1. The van der Waals surface area contributed by atoms with Crippen LogP contribution in [0.3, 0.4) is 0 Å². The van der Waals surface area contributed by atoms with E-state index in [0.717, 1.165) is 57.8 Å². The van der Waals surface area contributed by atoms with Crippen LogP contribution < -0.4 is 0 Å². The SMILES string of the molecule is CCCCC/C=C\C/C=C\C/C=C\CC(O)C(O)CCCC(=O)O[C@H](COC(=O)CCCCCCC/C=C\CCCCCCCC)COP(=O)(O)OC[C@@H](O)CO. The minimum absolute atomic E-state index is 0.132. The Bertz CT molecular complexity index is 1120. The van der Waals surface area contributed by atoms with Gasteiger partial charge in [-0.05, 0) is 77.0 Å². The van der Waals surface area contributed by atoms with Crippen LogP contribution >= 0.6 is 7.82 Å². The predicted octanol–water partition coefficient (Wildman–Crippen LogP) is 9.28. The van der Waals surface area contributed by atoms with E-state index in [0.29, 0.717) is 6.42 Å². The van der Waals surface area contributed by atoms with Gasteiger partial charge in [-0.1, -0.05) is 127 Å². The van der Waals surface area contributed by atoms with Crippen molar-refractivity contribution in [2.24, 2.45) is 0 Å². The molecule has 0 aliphatic carbocycles. The van der Waals surface area contributed by atoms with Gasteiger partial charge in [0.1, 0.15) is 12.7 Å². The number of carbonyl (C=O) groups is 2. The number of esters is 2. The van der Waals surface area contributed by atoms with Crippen molar-refractivity contribution < 1.29 is 58.0 Å². The highest BCUT2D eigenvalue weighted by Crippen LogP contribution is 2.43. The summed E-state index contributed by atoms with van der Waals surface area (Å²) >= 11 is 0. The van der Waals surface area contributed by atoms with Crippen LogP contribution in [0.5, 0.6) is 0 Å². The van der Waals surface area contributed by atoms with Crippen molar-refractivity contribution in [3.63, 3.8) is 0 Å². The first-order valence-electron chi connectivity index (χ1n) is 21.8. The summed E-state index contributed by atoms with van der Waals surface area (Å²) in [7, 11) is -4.70. The van der Waals surface area contributed by atoms with Crippen LogP contribution in [0.25, 0.3) is 0 Å². The molecule has 57 heavy (non-hydrogen) atoms. The molecule has 13 heteroatoms. The predicted molar refractivity (Wildman–Crippen MR) is 226 cm³/mol. The number of rotatable bonds is 40. The van der Waals surface area contributed by atoms with Crippen LogP contribution in [0.2, 0.25) is 0 Å². The van der Waals surface area contributed by atoms with E-state index in [4.69, 9.17) is 19.1 Å². The highest BCUT2D eigenvalue weighted by Gasteiger charge is 2.27. The summed E-state index contributed by atoms with van der Waals surface area (Å²) < 4.78 is 32.5. The van der Waals surface area contributed by atoms with Crippen molar-refractivity contribution in [3.8, 4) is 0 Å². The fourth-order valence-corrected chi connectivity index (χ4v) is 6.41. The lowest BCUT2D eigenvalue weighted by atomic mass is 10.0. The first-order chi connectivity index (χ1) is 27.5. The molecule has 0 aromatic rings. The van der Waals surface area contributed by atoms with E-state index in [1.165, 1.54) is 57.8 Å². The number of ether oxygens (including phenoxy) is 2. The molecule has 0 rings (SSSR count). The zero-order valence-electron chi connectivity index (χ0n) is 35.3. The fraction of sp³-hybridized carbons (Fsp3) is 0.773. The van der Waals surface area contributed by atoms with Crippen LogP contribution in [0.1, 0.15) is 168 Å². The molecule has 0 spiro atoms. The molecule has 0 bridgehead atoms. The van der Waals surface area contributed by atoms with Crippen LogP contribution in [-0.2, 0) is 32.7 Å². The Morgan fingerprint density at radius 2 is 1.07 bits per heavy atom. The molecule has 5 N–H and O–H groups in total. The average molecular weight is 831 g/mol. The lowest BCUT2D eigenvalue weighted by molar-refractivity contribution is -0.161. The molecule has 0 saturated carbocycles. The lowest BCUT2D eigenvalue weighted by Crippen LogP contribution is -2.30. The summed E-state index contributed by atoms with van der Waals surface area (Å²) in [5.41, 5.74) is 0. The molecule has 332 valence electrons. The molecule has 0 heterocycles. The molecule has 0 radical (unpaired) electrons. The van der Waals surface area contributed by atoms with Gasteiger partial charge in [0.2, 0.25) is 0 Å². The molecular weight excluding hydrogens is 751 g/mol. The van der Waals surface area contributed by atoms with E-state index in [1.807, 2.05) is 12.2 Å². The summed E-state index contributed by atoms with van der Waals surface area (Å²) in [6.45, 7) is 1.99. The third kappa shape index (κ3) is 37.8.